The molecule has 0 atom stereocenters. The minimum absolute atomic E-state index is 0.617. The van der Waals surface area contributed by atoms with Crippen molar-refractivity contribution in [2.75, 3.05) is 12.0 Å². The molecule has 1 heterocycles. The van der Waals surface area contributed by atoms with Gasteiger partial charge in [-0.3, -0.25) is 5.10 Å². The molecule has 0 aliphatic heterocycles. The Kier molecular flexibility index (Phi) is 2.68. The highest BCUT2D eigenvalue weighted by atomic mass is 32.2. The van der Waals surface area contributed by atoms with Gasteiger partial charge in [0.05, 0.1) is 6.20 Å². The predicted octanol–water partition coefficient (Wildman–Crippen LogP) is 2.69. The van der Waals surface area contributed by atoms with Crippen LogP contribution in [0.25, 0.3) is 11.1 Å². The van der Waals surface area contributed by atoms with Crippen LogP contribution in [0.1, 0.15) is 5.56 Å². The highest BCUT2D eigenvalue weighted by Gasteiger charge is 2.05. The normalized spacial score (nSPS) is 10.5. The molecular weight excluding hydrogens is 206 g/mol. The van der Waals surface area contributed by atoms with Gasteiger partial charge in [-0.15, -0.1) is 11.8 Å². The summed E-state index contributed by atoms with van der Waals surface area (Å²) in [5, 5.41) is 6.65. The molecule has 1 aromatic carbocycles. The maximum atomic E-state index is 5.77. The number of nitrogens with one attached hydrogen (secondary N) is 1. The van der Waals surface area contributed by atoms with Crippen LogP contribution in [-0.2, 0) is 0 Å². The molecule has 0 aliphatic rings. The standard InChI is InChI=1S/C11H13N3S/c1-7-5-8(3-4-10(7)15-2)9-6-13-14-11(9)12/h3-6H,1-2H3,(H3,12,13,14). The van der Waals surface area contributed by atoms with Crippen molar-refractivity contribution >= 4 is 17.6 Å². The smallest absolute Gasteiger partial charge is 0.126 e. The van der Waals surface area contributed by atoms with Gasteiger partial charge in [-0.1, -0.05) is 12.1 Å². The predicted molar refractivity (Wildman–Crippen MR) is 65.0 cm³/mol. The van der Waals surface area contributed by atoms with E-state index in [1.54, 1.807) is 18.0 Å². The van der Waals surface area contributed by atoms with Gasteiger partial charge in [-0.25, -0.2) is 0 Å². The zero-order valence-corrected chi connectivity index (χ0v) is 9.56. The number of thioether (sulfide) groups is 1. The number of aromatic amines is 1. The lowest BCUT2D eigenvalue weighted by Gasteiger charge is -2.05. The number of nitrogen functional groups attached to an aromatic ring is 1. The van der Waals surface area contributed by atoms with E-state index in [2.05, 4.69) is 41.6 Å². The van der Waals surface area contributed by atoms with E-state index in [9.17, 15) is 0 Å². The molecule has 0 radical (unpaired) electrons. The second-order valence-corrected chi connectivity index (χ2v) is 4.23. The van der Waals surface area contributed by atoms with E-state index in [0.29, 0.717) is 5.82 Å². The van der Waals surface area contributed by atoms with Crippen LogP contribution in [0.2, 0.25) is 0 Å². The van der Waals surface area contributed by atoms with Crippen molar-refractivity contribution in [3.63, 3.8) is 0 Å². The van der Waals surface area contributed by atoms with Gasteiger partial charge in [-0.2, -0.15) is 5.10 Å². The lowest BCUT2D eigenvalue weighted by atomic mass is 10.1. The monoisotopic (exact) mass is 219 g/mol. The van der Waals surface area contributed by atoms with Crippen LogP contribution in [0, 0.1) is 6.92 Å². The lowest BCUT2D eigenvalue weighted by Crippen LogP contribution is -1.88. The fourth-order valence-electron chi connectivity index (χ4n) is 1.57. The summed E-state index contributed by atoms with van der Waals surface area (Å²) in [5.41, 5.74) is 9.11. The summed E-state index contributed by atoms with van der Waals surface area (Å²) in [6, 6.07) is 6.31. The van der Waals surface area contributed by atoms with Crippen LogP contribution >= 0.6 is 11.8 Å². The average molecular weight is 219 g/mol. The molecule has 0 spiro atoms. The van der Waals surface area contributed by atoms with E-state index in [1.165, 1.54) is 10.5 Å². The molecule has 2 rings (SSSR count). The van der Waals surface area contributed by atoms with Crippen molar-refractivity contribution < 1.29 is 0 Å². The molecule has 0 bridgehead atoms. The van der Waals surface area contributed by atoms with Crippen LogP contribution in [0.3, 0.4) is 0 Å². The van der Waals surface area contributed by atoms with E-state index in [-0.39, 0.29) is 0 Å². The maximum absolute atomic E-state index is 5.77. The quantitative estimate of drug-likeness (QED) is 0.763. The summed E-state index contributed by atoms with van der Waals surface area (Å²) in [4.78, 5) is 1.29. The summed E-state index contributed by atoms with van der Waals surface area (Å²) in [6.45, 7) is 2.10. The van der Waals surface area contributed by atoms with Gasteiger partial charge in [0.2, 0.25) is 0 Å². The second-order valence-electron chi connectivity index (χ2n) is 3.38. The van der Waals surface area contributed by atoms with Crippen molar-refractivity contribution in [2.45, 2.75) is 11.8 Å². The zero-order valence-electron chi connectivity index (χ0n) is 8.74. The lowest BCUT2D eigenvalue weighted by molar-refractivity contribution is 1.10. The number of hydrogen-bond donors (Lipinski definition) is 2. The number of benzene rings is 1. The Hall–Kier alpha value is -1.42. The van der Waals surface area contributed by atoms with Crippen LogP contribution < -0.4 is 5.73 Å². The Morgan fingerprint density at radius 2 is 2.20 bits per heavy atom. The molecule has 15 heavy (non-hydrogen) atoms. The summed E-state index contributed by atoms with van der Waals surface area (Å²) in [7, 11) is 0. The van der Waals surface area contributed by atoms with Crippen LogP contribution in [0.5, 0.6) is 0 Å². The third-order valence-electron chi connectivity index (χ3n) is 2.37. The van der Waals surface area contributed by atoms with E-state index >= 15 is 0 Å². The second kappa shape index (κ2) is 3.98. The fraction of sp³-hybridized carbons (Fsp3) is 0.182. The summed E-state index contributed by atoms with van der Waals surface area (Å²) in [6.07, 6.45) is 3.83. The molecule has 0 saturated carbocycles. The highest BCUT2D eigenvalue weighted by molar-refractivity contribution is 7.98. The van der Waals surface area contributed by atoms with Gasteiger partial charge >= 0.3 is 0 Å². The molecule has 4 heteroatoms. The molecule has 3 N–H and O–H groups in total. The highest BCUT2D eigenvalue weighted by Crippen LogP contribution is 2.28. The largest absolute Gasteiger partial charge is 0.384 e. The molecule has 0 fully saturated rings. The molecule has 3 nitrogen and oxygen atoms in total. The van der Waals surface area contributed by atoms with E-state index in [1.807, 2.05) is 0 Å². The van der Waals surface area contributed by atoms with Crippen molar-refractivity contribution in [2.24, 2.45) is 0 Å². The third-order valence-corrected chi connectivity index (χ3v) is 3.27. The number of H-pyrrole nitrogens is 1. The molecular formula is C11H13N3S. The van der Waals surface area contributed by atoms with Crippen LogP contribution in [-0.4, -0.2) is 16.5 Å². The third kappa shape index (κ3) is 1.85. The minimum Gasteiger partial charge on any atom is -0.384 e. The van der Waals surface area contributed by atoms with Gasteiger partial charge < -0.3 is 5.73 Å². The maximum Gasteiger partial charge on any atom is 0.126 e. The Morgan fingerprint density at radius 1 is 1.40 bits per heavy atom. The Morgan fingerprint density at radius 3 is 2.73 bits per heavy atom. The number of rotatable bonds is 2. The molecule has 2 aromatic rings. The SMILES string of the molecule is CSc1ccc(-c2cn[nH]c2N)cc1C. The van der Waals surface area contributed by atoms with Gasteiger partial charge in [-0.05, 0) is 30.4 Å². The molecule has 0 saturated heterocycles. The van der Waals surface area contributed by atoms with E-state index < -0.39 is 0 Å². The topological polar surface area (TPSA) is 54.7 Å². The zero-order chi connectivity index (χ0) is 10.8. The molecule has 0 amide bonds. The minimum atomic E-state index is 0.617. The summed E-state index contributed by atoms with van der Waals surface area (Å²) < 4.78 is 0. The summed E-state index contributed by atoms with van der Waals surface area (Å²) in [5.74, 6) is 0.617. The number of nitrogens with zero attached hydrogens (tertiary/aromatic N) is 1. The van der Waals surface area contributed by atoms with Crippen molar-refractivity contribution in [1.82, 2.24) is 10.2 Å². The fourth-order valence-corrected chi connectivity index (χ4v) is 2.16. The molecule has 0 aliphatic carbocycles. The molecule has 78 valence electrons. The Labute approximate surface area is 93.1 Å². The molecule has 0 unspecified atom stereocenters. The van der Waals surface area contributed by atoms with Crippen LogP contribution in [0.15, 0.2) is 29.3 Å². The molecule has 1 aromatic heterocycles. The van der Waals surface area contributed by atoms with E-state index in [4.69, 9.17) is 5.73 Å². The van der Waals surface area contributed by atoms with Crippen molar-refractivity contribution in [3.05, 3.63) is 30.0 Å². The number of nitrogens with two attached hydrogens (primary N) is 1. The number of aryl methyl sites for hydroxylation is 1. The number of hydrogen-bond acceptors (Lipinski definition) is 3. The van der Waals surface area contributed by atoms with Crippen LogP contribution in [0.4, 0.5) is 5.82 Å². The van der Waals surface area contributed by atoms with Gasteiger partial charge in [0.25, 0.3) is 0 Å². The first kappa shape index (κ1) is 10.1. The Balaban J connectivity index is 2.47. The first-order valence-corrected chi connectivity index (χ1v) is 5.88. The first-order chi connectivity index (χ1) is 7.22. The average Bonchev–Trinajstić information content (AvgIpc) is 2.64. The summed E-state index contributed by atoms with van der Waals surface area (Å²) >= 11 is 1.75. The van der Waals surface area contributed by atoms with Crippen molar-refractivity contribution in [1.29, 1.82) is 0 Å². The number of anilines is 1. The first-order valence-electron chi connectivity index (χ1n) is 4.66. The van der Waals surface area contributed by atoms with E-state index in [0.717, 1.165) is 11.1 Å². The van der Waals surface area contributed by atoms with Crippen molar-refractivity contribution in [3.8, 4) is 11.1 Å². The van der Waals surface area contributed by atoms with Gasteiger partial charge in [0.15, 0.2) is 0 Å². The number of aromatic nitrogens is 2. The van der Waals surface area contributed by atoms with Gasteiger partial charge in [0.1, 0.15) is 5.82 Å². The Bertz CT molecular complexity index is 476. The van der Waals surface area contributed by atoms with Gasteiger partial charge in [0, 0.05) is 10.5 Å².